The van der Waals surface area contributed by atoms with E-state index in [1.165, 1.54) is 0 Å². The molecule has 1 N–H and O–H groups in total. The Morgan fingerprint density at radius 2 is 2.10 bits per heavy atom. The first-order chi connectivity index (χ1) is 4.72. The van der Waals surface area contributed by atoms with Gasteiger partial charge in [-0.15, -0.1) is 0 Å². The van der Waals surface area contributed by atoms with E-state index in [1.54, 1.807) is 0 Å². The zero-order chi connectivity index (χ0) is 7.98. The molecule has 2 unspecified atom stereocenters. The fraction of sp³-hybridized carbons (Fsp3) is 0.778. The van der Waals surface area contributed by atoms with Gasteiger partial charge in [0.25, 0.3) is 0 Å². The number of aliphatic hydroxyl groups excluding tert-OH is 1. The summed E-state index contributed by atoms with van der Waals surface area (Å²) in [5, 5.41) is 9.40. The van der Waals surface area contributed by atoms with Crippen molar-refractivity contribution in [1.82, 2.24) is 0 Å². The van der Waals surface area contributed by atoms with Crippen molar-refractivity contribution in [3.63, 3.8) is 0 Å². The van der Waals surface area contributed by atoms with Crippen LogP contribution in [0, 0.1) is 5.92 Å². The van der Waals surface area contributed by atoms with Crippen LogP contribution in [-0.4, -0.2) is 11.2 Å². The van der Waals surface area contributed by atoms with Gasteiger partial charge in [-0.05, 0) is 19.3 Å². The van der Waals surface area contributed by atoms with Crippen LogP contribution in [0.5, 0.6) is 0 Å². The Hall–Kier alpha value is -0.300. The van der Waals surface area contributed by atoms with Crippen molar-refractivity contribution in [2.75, 3.05) is 0 Å². The summed E-state index contributed by atoms with van der Waals surface area (Å²) in [6.07, 6.45) is 5.85. The Balaban J connectivity index is 3.58. The molecule has 0 aromatic heterocycles. The molecule has 0 aromatic rings. The van der Waals surface area contributed by atoms with Crippen molar-refractivity contribution in [1.29, 1.82) is 0 Å². The molecule has 0 aromatic carbocycles. The molecule has 0 radical (unpaired) electrons. The lowest BCUT2D eigenvalue weighted by Crippen LogP contribution is -2.14. The number of hydrogen-bond donors (Lipinski definition) is 1. The van der Waals surface area contributed by atoms with Crippen LogP contribution in [-0.2, 0) is 0 Å². The zero-order valence-corrected chi connectivity index (χ0v) is 7.17. The molecule has 0 aliphatic heterocycles. The van der Waals surface area contributed by atoms with Crippen LogP contribution >= 0.6 is 0 Å². The first kappa shape index (κ1) is 9.70. The summed E-state index contributed by atoms with van der Waals surface area (Å²) >= 11 is 0. The van der Waals surface area contributed by atoms with Crippen LogP contribution in [0.2, 0.25) is 0 Å². The molecular weight excluding hydrogens is 124 g/mol. The van der Waals surface area contributed by atoms with Gasteiger partial charge in [0, 0.05) is 0 Å². The molecule has 0 amide bonds. The van der Waals surface area contributed by atoms with Crippen LogP contribution in [0.3, 0.4) is 0 Å². The van der Waals surface area contributed by atoms with Crippen molar-refractivity contribution in [2.45, 2.75) is 39.7 Å². The molecule has 1 heteroatoms. The summed E-state index contributed by atoms with van der Waals surface area (Å²) in [5.74, 6) is 0.310. The van der Waals surface area contributed by atoms with E-state index in [1.807, 2.05) is 26.0 Å². The maximum Gasteiger partial charge on any atom is 0.0600 e. The number of allylic oxidation sites excluding steroid dienone is 1. The molecule has 0 rings (SSSR count). The molecule has 0 aliphatic carbocycles. The van der Waals surface area contributed by atoms with Crippen LogP contribution in [0.1, 0.15) is 33.6 Å². The molecule has 0 bridgehead atoms. The van der Waals surface area contributed by atoms with Crippen molar-refractivity contribution in [2.24, 2.45) is 5.92 Å². The van der Waals surface area contributed by atoms with Crippen LogP contribution < -0.4 is 0 Å². The summed E-state index contributed by atoms with van der Waals surface area (Å²) in [6.45, 7) is 6.11. The Kier molecular flexibility index (Phi) is 5.32. The topological polar surface area (TPSA) is 20.2 Å². The van der Waals surface area contributed by atoms with E-state index in [0.29, 0.717) is 5.92 Å². The summed E-state index contributed by atoms with van der Waals surface area (Å²) in [7, 11) is 0. The Morgan fingerprint density at radius 1 is 1.50 bits per heavy atom. The van der Waals surface area contributed by atoms with Crippen LogP contribution in [0.4, 0.5) is 0 Å². The summed E-state index contributed by atoms with van der Waals surface area (Å²) in [6, 6.07) is 0. The van der Waals surface area contributed by atoms with Gasteiger partial charge in [0.1, 0.15) is 0 Å². The largest absolute Gasteiger partial charge is 0.393 e. The molecule has 1 nitrogen and oxygen atoms in total. The minimum atomic E-state index is -0.152. The minimum absolute atomic E-state index is 0.152. The third-order valence-corrected chi connectivity index (χ3v) is 1.69. The third-order valence-electron chi connectivity index (χ3n) is 1.69. The van der Waals surface area contributed by atoms with E-state index in [9.17, 15) is 5.11 Å². The molecule has 0 saturated heterocycles. The quantitative estimate of drug-likeness (QED) is 0.597. The highest BCUT2D eigenvalue weighted by Crippen LogP contribution is 2.09. The first-order valence-corrected chi connectivity index (χ1v) is 4.03. The van der Waals surface area contributed by atoms with Gasteiger partial charge < -0.3 is 5.11 Å². The van der Waals surface area contributed by atoms with Gasteiger partial charge in [0.15, 0.2) is 0 Å². The molecule has 0 spiro atoms. The molecule has 0 saturated carbocycles. The van der Waals surface area contributed by atoms with Crippen LogP contribution in [0.15, 0.2) is 12.2 Å². The molecule has 10 heavy (non-hydrogen) atoms. The Bertz CT molecular complexity index is 96.9. The minimum Gasteiger partial charge on any atom is -0.393 e. The predicted octanol–water partition coefficient (Wildman–Crippen LogP) is 2.36. The van der Waals surface area contributed by atoms with Gasteiger partial charge in [0.2, 0.25) is 0 Å². The second-order valence-electron chi connectivity index (χ2n) is 2.74. The highest BCUT2D eigenvalue weighted by atomic mass is 16.3. The van der Waals surface area contributed by atoms with E-state index >= 15 is 0 Å². The second-order valence-corrected chi connectivity index (χ2v) is 2.74. The number of aliphatic hydroxyl groups is 1. The second kappa shape index (κ2) is 5.48. The fourth-order valence-corrected chi connectivity index (χ4v) is 0.990. The maximum atomic E-state index is 9.40. The van der Waals surface area contributed by atoms with Crippen molar-refractivity contribution < 1.29 is 5.11 Å². The first-order valence-electron chi connectivity index (χ1n) is 4.03. The summed E-state index contributed by atoms with van der Waals surface area (Å²) < 4.78 is 0. The highest BCUT2D eigenvalue weighted by Gasteiger charge is 2.08. The summed E-state index contributed by atoms with van der Waals surface area (Å²) in [4.78, 5) is 0. The SMILES string of the molecule is C/C=C/C(C)C(O)CCC. The van der Waals surface area contributed by atoms with E-state index in [-0.39, 0.29) is 6.10 Å². The average Bonchev–Trinajstić information content (AvgIpc) is 1.89. The van der Waals surface area contributed by atoms with E-state index in [2.05, 4.69) is 6.92 Å². The van der Waals surface area contributed by atoms with Crippen molar-refractivity contribution >= 4 is 0 Å². The normalized spacial score (nSPS) is 17.6. The number of rotatable bonds is 4. The molecule has 0 fully saturated rings. The molecule has 2 atom stereocenters. The lowest BCUT2D eigenvalue weighted by atomic mass is 10.0. The van der Waals surface area contributed by atoms with E-state index < -0.39 is 0 Å². The van der Waals surface area contributed by atoms with Crippen molar-refractivity contribution in [3.05, 3.63) is 12.2 Å². The van der Waals surface area contributed by atoms with E-state index in [0.717, 1.165) is 12.8 Å². The molecule has 0 heterocycles. The Labute approximate surface area is 63.8 Å². The number of hydrogen-bond acceptors (Lipinski definition) is 1. The van der Waals surface area contributed by atoms with Crippen LogP contribution in [0.25, 0.3) is 0 Å². The standard InChI is InChI=1S/C9H18O/c1-4-6-8(3)9(10)7-5-2/h4,6,8-10H,5,7H2,1-3H3/b6-4+. The molecule has 60 valence electrons. The third kappa shape index (κ3) is 3.67. The van der Waals surface area contributed by atoms with Gasteiger partial charge in [0.05, 0.1) is 6.10 Å². The fourth-order valence-electron chi connectivity index (χ4n) is 0.990. The predicted molar refractivity (Wildman–Crippen MR) is 44.9 cm³/mol. The van der Waals surface area contributed by atoms with Gasteiger partial charge in [-0.3, -0.25) is 0 Å². The highest BCUT2D eigenvalue weighted by molar-refractivity contribution is 4.86. The smallest absolute Gasteiger partial charge is 0.0600 e. The Morgan fingerprint density at radius 3 is 2.50 bits per heavy atom. The molecular formula is C9H18O. The van der Waals surface area contributed by atoms with Gasteiger partial charge in [-0.25, -0.2) is 0 Å². The van der Waals surface area contributed by atoms with Gasteiger partial charge in [-0.2, -0.15) is 0 Å². The lowest BCUT2D eigenvalue weighted by molar-refractivity contribution is 0.127. The summed E-state index contributed by atoms with van der Waals surface area (Å²) in [5.41, 5.74) is 0. The lowest BCUT2D eigenvalue weighted by Gasteiger charge is -2.13. The maximum absolute atomic E-state index is 9.40. The van der Waals surface area contributed by atoms with Gasteiger partial charge >= 0.3 is 0 Å². The zero-order valence-electron chi connectivity index (χ0n) is 7.17. The van der Waals surface area contributed by atoms with Crippen molar-refractivity contribution in [3.8, 4) is 0 Å². The van der Waals surface area contributed by atoms with E-state index in [4.69, 9.17) is 0 Å². The van der Waals surface area contributed by atoms with Gasteiger partial charge in [-0.1, -0.05) is 32.4 Å². The average molecular weight is 142 g/mol. The monoisotopic (exact) mass is 142 g/mol. The molecule has 0 aliphatic rings.